The lowest BCUT2D eigenvalue weighted by Gasteiger charge is -2.25. The van der Waals surface area contributed by atoms with Gasteiger partial charge in [0.15, 0.2) is 0 Å². The molecule has 1 aromatic rings. The van der Waals surface area contributed by atoms with Crippen molar-refractivity contribution in [2.45, 2.75) is 19.0 Å². The Labute approximate surface area is 205 Å². The maximum atomic E-state index is 15.1. The molecule has 0 spiro atoms. The highest BCUT2D eigenvalue weighted by atomic mass is 19.3. The normalized spacial score (nSPS) is 17.7. The van der Waals surface area contributed by atoms with E-state index in [0.717, 1.165) is 34.3 Å². The molecular formula is C22H26F3N7O4. The van der Waals surface area contributed by atoms with E-state index < -0.39 is 36.3 Å². The third-order valence-electron chi connectivity index (χ3n) is 5.32. The summed E-state index contributed by atoms with van der Waals surface area (Å²) in [6.45, 7) is 0.0657. The monoisotopic (exact) mass is 509 g/mol. The Balaban J connectivity index is 1.63. The summed E-state index contributed by atoms with van der Waals surface area (Å²) in [6.07, 6.45) is 0.772. The molecule has 0 aromatic heterocycles. The average Bonchev–Trinajstić information content (AvgIpc) is 3.59. The predicted molar refractivity (Wildman–Crippen MR) is 124 cm³/mol. The van der Waals surface area contributed by atoms with Gasteiger partial charge in [0, 0.05) is 13.1 Å². The van der Waals surface area contributed by atoms with Crippen LogP contribution in [-0.2, 0) is 14.3 Å². The number of nitrogens with two attached hydrogens (primary N) is 1. The highest BCUT2D eigenvalue weighted by Crippen LogP contribution is 2.29. The van der Waals surface area contributed by atoms with Gasteiger partial charge in [-0.25, -0.2) is 20.3 Å². The van der Waals surface area contributed by atoms with Gasteiger partial charge in [0.1, 0.15) is 18.5 Å². The third-order valence-corrected chi connectivity index (χ3v) is 5.32. The first kappa shape index (κ1) is 26.8. The Morgan fingerprint density at radius 3 is 2.78 bits per heavy atom. The van der Waals surface area contributed by atoms with Crippen LogP contribution in [0, 0.1) is 17.6 Å². The van der Waals surface area contributed by atoms with Gasteiger partial charge in [-0.3, -0.25) is 24.9 Å². The highest BCUT2D eigenvalue weighted by molar-refractivity contribution is 5.90. The number of carbonyl (C=O) groups is 3. The minimum Gasteiger partial charge on any atom is -0.442 e. The minimum atomic E-state index is -3.18. The van der Waals surface area contributed by atoms with Crippen LogP contribution in [0.2, 0.25) is 0 Å². The van der Waals surface area contributed by atoms with Crippen LogP contribution < -0.4 is 26.3 Å². The van der Waals surface area contributed by atoms with Crippen LogP contribution in [0.4, 0.5) is 29.3 Å². The van der Waals surface area contributed by atoms with E-state index in [2.05, 4.69) is 5.32 Å². The van der Waals surface area contributed by atoms with Crippen molar-refractivity contribution in [2.24, 2.45) is 5.84 Å². The zero-order valence-electron chi connectivity index (χ0n) is 19.2. The molecule has 0 unspecified atom stereocenters. The van der Waals surface area contributed by atoms with Crippen LogP contribution in [0.25, 0.3) is 0 Å². The first-order chi connectivity index (χ1) is 17.2. The molecule has 1 aliphatic heterocycles. The molecule has 11 nitrogen and oxygen atoms in total. The van der Waals surface area contributed by atoms with Crippen LogP contribution in [0.3, 0.4) is 0 Å². The molecule has 4 N–H and O–H groups in total. The summed E-state index contributed by atoms with van der Waals surface area (Å²) < 4.78 is 44.9. The fourth-order valence-electron chi connectivity index (χ4n) is 3.36. The Bertz CT molecular complexity index is 1020. The third kappa shape index (κ3) is 7.60. The van der Waals surface area contributed by atoms with E-state index in [4.69, 9.17) is 16.0 Å². The summed E-state index contributed by atoms with van der Waals surface area (Å²) in [4.78, 5) is 37.9. The van der Waals surface area contributed by atoms with Crippen molar-refractivity contribution < 1.29 is 32.3 Å². The Kier molecular flexibility index (Phi) is 9.11. The van der Waals surface area contributed by atoms with E-state index >= 15 is 4.39 Å². The quantitative estimate of drug-likeness (QED) is 0.154. The van der Waals surface area contributed by atoms with Crippen molar-refractivity contribution in [1.82, 2.24) is 15.6 Å². The Morgan fingerprint density at radius 1 is 1.39 bits per heavy atom. The number of nitrogens with one attached hydrogen (secondary N) is 2. The second kappa shape index (κ2) is 12.2. The molecule has 1 saturated carbocycles. The number of hydrogen-bond donors (Lipinski definition) is 3. The summed E-state index contributed by atoms with van der Waals surface area (Å²) in [5.74, 6) is 2.77. The SMILES string of the molecule is N=CN(N)CC(=O)[N]CCN(CC=C1[CH]C1)c1ccc(N2C[C@H](CNC(=O)C(F)F)OC2=O)cc1F. The fourth-order valence-corrected chi connectivity index (χ4v) is 3.36. The van der Waals surface area contributed by atoms with E-state index in [9.17, 15) is 23.2 Å². The van der Waals surface area contributed by atoms with E-state index in [0.29, 0.717) is 6.54 Å². The van der Waals surface area contributed by atoms with Crippen LogP contribution in [0.5, 0.6) is 0 Å². The summed E-state index contributed by atoms with van der Waals surface area (Å²) in [5, 5.41) is 13.7. The summed E-state index contributed by atoms with van der Waals surface area (Å²) in [5.41, 5.74) is 1.55. The second-order valence-electron chi connectivity index (χ2n) is 8.01. The lowest BCUT2D eigenvalue weighted by molar-refractivity contribution is -0.132. The van der Waals surface area contributed by atoms with Crippen molar-refractivity contribution in [3.63, 3.8) is 0 Å². The van der Waals surface area contributed by atoms with Gasteiger partial charge < -0.3 is 15.0 Å². The number of hydrazine groups is 1. The molecule has 3 amide bonds. The average molecular weight is 509 g/mol. The molecular weight excluding hydrogens is 483 g/mol. The summed E-state index contributed by atoms with van der Waals surface area (Å²) in [6, 6.07) is 4.15. The van der Waals surface area contributed by atoms with Crippen molar-refractivity contribution in [3.05, 3.63) is 42.1 Å². The first-order valence-electron chi connectivity index (χ1n) is 11.0. The fraction of sp³-hybridized carbons (Fsp3) is 0.409. The zero-order valence-corrected chi connectivity index (χ0v) is 19.2. The number of halogens is 3. The lowest BCUT2D eigenvalue weighted by Crippen LogP contribution is -2.39. The molecule has 3 rings (SSSR count). The van der Waals surface area contributed by atoms with Gasteiger partial charge in [-0.2, -0.15) is 8.78 Å². The summed E-state index contributed by atoms with van der Waals surface area (Å²) >= 11 is 0. The Morgan fingerprint density at radius 2 is 2.14 bits per heavy atom. The summed E-state index contributed by atoms with van der Waals surface area (Å²) in [7, 11) is 0. The van der Waals surface area contributed by atoms with Gasteiger partial charge in [-0.15, -0.1) is 0 Å². The van der Waals surface area contributed by atoms with Crippen molar-refractivity contribution in [3.8, 4) is 0 Å². The smallest absolute Gasteiger partial charge is 0.414 e. The number of cyclic esters (lactones) is 1. The number of hydrogen-bond acceptors (Lipinski definition) is 7. The largest absolute Gasteiger partial charge is 0.442 e. The van der Waals surface area contributed by atoms with E-state index in [1.165, 1.54) is 12.1 Å². The van der Waals surface area contributed by atoms with Crippen LogP contribution in [0.1, 0.15) is 6.42 Å². The van der Waals surface area contributed by atoms with E-state index in [1.807, 2.05) is 17.8 Å². The molecule has 1 atom stereocenters. The number of rotatable bonds is 13. The zero-order chi connectivity index (χ0) is 26.2. The molecule has 36 heavy (non-hydrogen) atoms. The molecule has 1 aliphatic carbocycles. The molecule has 1 saturated heterocycles. The number of allylic oxidation sites excluding steroid dienone is 1. The predicted octanol–water partition coefficient (Wildman–Crippen LogP) is 0.787. The molecule has 14 heteroatoms. The molecule has 1 aromatic carbocycles. The van der Waals surface area contributed by atoms with Crippen molar-refractivity contribution >= 4 is 35.6 Å². The van der Waals surface area contributed by atoms with Gasteiger partial charge >= 0.3 is 12.5 Å². The van der Waals surface area contributed by atoms with Crippen molar-refractivity contribution in [2.75, 3.05) is 49.1 Å². The molecule has 1 heterocycles. The number of benzene rings is 1. The maximum absolute atomic E-state index is 15.1. The van der Waals surface area contributed by atoms with Gasteiger partial charge in [0.25, 0.3) is 11.8 Å². The number of nitrogens with zero attached hydrogens (tertiary/aromatic N) is 4. The van der Waals surface area contributed by atoms with Gasteiger partial charge in [0.05, 0.1) is 37.3 Å². The van der Waals surface area contributed by atoms with Crippen LogP contribution in [-0.4, -0.2) is 81.1 Å². The number of anilines is 2. The minimum absolute atomic E-state index is 0.0539. The van der Waals surface area contributed by atoms with Gasteiger partial charge in [-0.05, 0) is 31.0 Å². The molecule has 2 radical (unpaired) electrons. The standard InChI is InChI=1S/C22H26F3N7O4/c23-17-9-15(32-11-16(36-22(32)35)10-29-21(34)20(24)25)3-4-18(17)30(7-5-14-1-2-14)8-6-28-19(33)12-31(27)13-26/h1,3-5,9,13,16,20,26H,2,6-8,10-12,27H2,(H,29,34)/t16-/m0/s1. The molecule has 2 aliphatic rings. The van der Waals surface area contributed by atoms with Crippen LogP contribution >= 0.6 is 0 Å². The van der Waals surface area contributed by atoms with Gasteiger partial charge in [-0.1, -0.05) is 11.6 Å². The first-order valence-corrected chi connectivity index (χ1v) is 11.0. The highest BCUT2D eigenvalue weighted by Gasteiger charge is 2.33. The van der Waals surface area contributed by atoms with E-state index in [-0.39, 0.29) is 44.1 Å². The maximum Gasteiger partial charge on any atom is 0.414 e. The molecule has 0 bridgehead atoms. The topological polar surface area (TPSA) is 146 Å². The number of ether oxygens (including phenoxy) is 1. The number of amides is 3. The number of alkyl halides is 2. The Hall–Kier alpha value is -3.81. The second-order valence-corrected chi connectivity index (χ2v) is 8.01. The molecule has 2 fully saturated rings. The van der Waals surface area contributed by atoms with Gasteiger partial charge in [0.2, 0.25) is 0 Å². The van der Waals surface area contributed by atoms with Crippen molar-refractivity contribution in [1.29, 1.82) is 5.41 Å². The number of carbonyl (C=O) groups excluding carboxylic acids is 3. The lowest BCUT2D eigenvalue weighted by atomic mass is 10.2. The van der Waals surface area contributed by atoms with E-state index in [1.54, 1.807) is 4.90 Å². The molecule has 194 valence electrons. The van der Waals surface area contributed by atoms with Crippen LogP contribution in [0.15, 0.2) is 29.8 Å².